The van der Waals surface area contributed by atoms with Gasteiger partial charge in [0, 0.05) is 42.7 Å². The Morgan fingerprint density at radius 3 is 2.68 bits per heavy atom. The summed E-state index contributed by atoms with van der Waals surface area (Å²) in [5.74, 6) is 0.366. The Labute approximate surface area is 130 Å². The molecule has 1 aliphatic rings. The number of morpholine rings is 1. The molecule has 0 amide bonds. The normalized spacial score (nSPS) is 16.0. The van der Waals surface area contributed by atoms with Crippen molar-refractivity contribution < 1.29 is 9.13 Å². The molecule has 1 saturated heterocycles. The van der Waals surface area contributed by atoms with Gasteiger partial charge in [-0.15, -0.1) is 0 Å². The zero-order valence-electron chi connectivity index (χ0n) is 13.0. The molecular formula is C17H20FN3O. The van der Waals surface area contributed by atoms with E-state index < -0.39 is 0 Å². The van der Waals surface area contributed by atoms with E-state index in [0.29, 0.717) is 23.5 Å². The molecule has 5 heteroatoms. The molecule has 2 heterocycles. The standard InChI is InChI=1S/C17H20FN3O/c1-12-10-19-17(20-13(12)2)14-3-4-15(16(18)9-14)11-21-5-7-22-8-6-21/h3-4,9-10H,5-8,11H2,1-2H3. The summed E-state index contributed by atoms with van der Waals surface area (Å²) in [6.07, 6.45) is 1.78. The summed E-state index contributed by atoms with van der Waals surface area (Å²) in [5, 5.41) is 0. The van der Waals surface area contributed by atoms with Gasteiger partial charge < -0.3 is 4.74 Å². The molecule has 2 aromatic rings. The van der Waals surface area contributed by atoms with Crippen LogP contribution in [0.1, 0.15) is 16.8 Å². The van der Waals surface area contributed by atoms with Gasteiger partial charge in [-0.1, -0.05) is 12.1 Å². The lowest BCUT2D eigenvalue weighted by Crippen LogP contribution is -2.35. The van der Waals surface area contributed by atoms with E-state index in [9.17, 15) is 4.39 Å². The van der Waals surface area contributed by atoms with Crippen LogP contribution < -0.4 is 0 Å². The molecule has 116 valence electrons. The van der Waals surface area contributed by atoms with Crippen LogP contribution in [-0.2, 0) is 11.3 Å². The molecular weight excluding hydrogens is 281 g/mol. The molecule has 1 aromatic carbocycles. The summed E-state index contributed by atoms with van der Waals surface area (Å²) in [6, 6.07) is 5.25. The number of hydrogen-bond acceptors (Lipinski definition) is 4. The second-order valence-corrected chi connectivity index (χ2v) is 5.66. The molecule has 4 nitrogen and oxygen atoms in total. The van der Waals surface area contributed by atoms with E-state index in [4.69, 9.17) is 4.74 Å². The van der Waals surface area contributed by atoms with E-state index in [1.165, 1.54) is 6.07 Å². The van der Waals surface area contributed by atoms with E-state index in [2.05, 4.69) is 14.9 Å². The first kappa shape index (κ1) is 15.1. The lowest BCUT2D eigenvalue weighted by atomic mass is 10.1. The van der Waals surface area contributed by atoms with E-state index in [-0.39, 0.29) is 5.82 Å². The molecule has 0 spiro atoms. The maximum Gasteiger partial charge on any atom is 0.159 e. The Kier molecular flexibility index (Phi) is 4.45. The smallest absolute Gasteiger partial charge is 0.159 e. The Hall–Kier alpha value is -1.85. The highest BCUT2D eigenvalue weighted by Gasteiger charge is 2.14. The van der Waals surface area contributed by atoms with Gasteiger partial charge >= 0.3 is 0 Å². The summed E-state index contributed by atoms with van der Waals surface area (Å²) in [7, 11) is 0. The third kappa shape index (κ3) is 3.31. The molecule has 0 unspecified atom stereocenters. The quantitative estimate of drug-likeness (QED) is 0.874. The first-order valence-electron chi connectivity index (χ1n) is 7.52. The number of aryl methyl sites for hydroxylation is 2. The molecule has 1 fully saturated rings. The van der Waals surface area contributed by atoms with E-state index in [1.54, 1.807) is 6.20 Å². The minimum absolute atomic E-state index is 0.203. The third-order valence-electron chi connectivity index (χ3n) is 4.03. The second kappa shape index (κ2) is 6.50. The number of halogens is 1. The van der Waals surface area contributed by atoms with Crippen LogP contribution in [0.2, 0.25) is 0 Å². The lowest BCUT2D eigenvalue weighted by molar-refractivity contribution is 0.0337. The average molecular weight is 301 g/mol. The van der Waals surface area contributed by atoms with E-state index >= 15 is 0 Å². The fourth-order valence-corrected chi connectivity index (χ4v) is 2.48. The summed E-state index contributed by atoms with van der Waals surface area (Å²) in [4.78, 5) is 10.9. The molecule has 22 heavy (non-hydrogen) atoms. The predicted octanol–water partition coefficient (Wildman–Crippen LogP) is 2.73. The Bertz CT molecular complexity index is 669. The van der Waals surface area contributed by atoms with Gasteiger partial charge in [0.25, 0.3) is 0 Å². The van der Waals surface area contributed by atoms with Crippen LogP contribution in [0.15, 0.2) is 24.4 Å². The van der Waals surface area contributed by atoms with E-state index in [0.717, 1.165) is 37.6 Å². The van der Waals surface area contributed by atoms with Crippen molar-refractivity contribution >= 4 is 0 Å². The van der Waals surface area contributed by atoms with E-state index in [1.807, 2.05) is 26.0 Å². The van der Waals surface area contributed by atoms with Crippen molar-refractivity contribution in [1.29, 1.82) is 0 Å². The zero-order valence-corrected chi connectivity index (χ0v) is 13.0. The van der Waals surface area contributed by atoms with Crippen LogP contribution in [0.4, 0.5) is 4.39 Å². The van der Waals surface area contributed by atoms with Gasteiger partial charge in [0.15, 0.2) is 5.82 Å². The van der Waals surface area contributed by atoms with Crippen molar-refractivity contribution in [1.82, 2.24) is 14.9 Å². The third-order valence-corrected chi connectivity index (χ3v) is 4.03. The van der Waals surface area contributed by atoms with Crippen LogP contribution in [-0.4, -0.2) is 41.2 Å². The van der Waals surface area contributed by atoms with Gasteiger partial charge in [-0.3, -0.25) is 4.90 Å². The number of nitrogens with zero attached hydrogens (tertiary/aromatic N) is 3. The molecule has 0 radical (unpaired) electrons. The molecule has 3 rings (SSSR count). The molecule has 1 aliphatic heterocycles. The highest BCUT2D eigenvalue weighted by atomic mass is 19.1. The number of aromatic nitrogens is 2. The Balaban J connectivity index is 1.80. The summed E-state index contributed by atoms with van der Waals surface area (Å²) < 4.78 is 19.7. The molecule has 0 aliphatic carbocycles. The van der Waals surface area contributed by atoms with Crippen LogP contribution in [0.25, 0.3) is 11.4 Å². The highest BCUT2D eigenvalue weighted by molar-refractivity contribution is 5.56. The fraction of sp³-hybridized carbons (Fsp3) is 0.412. The maximum absolute atomic E-state index is 14.4. The van der Waals surface area contributed by atoms with Gasteiger partial charge in [-0.25, -0.2) is 14.4 Å². The second-order valence-electron chi connectivity index (χ2n) is 5.66. The number of ether oxygens (including phenoxy) is 1. The molecule has 0 N–H and O–H groups in total. The fourth-order valence-electron chi connectivity index (χ4n) is 2.48. The largest absolute Gasteiger partial charge is 0.379 e. The van der Waals surface area contributed by atoms with Crippen LogP contribution >= 0.6 is 0 Å². The van der Waals surface area contributed by atoms with Crippen LogP contribution in [0.5, 0.6) is 0 Å². The molecule has 1 aromatic heterocycles. The summed E-state index contributed by atoms with van der Waals surface area (Å²) in [5.41, 5.74) is 3.37. The number of hydrogen-bond donors (Lipinski definition) is 0. The van der Waals surface area contributed by atoms with Crippen molar-refractivity contribution in [2.45, 2.75) is 20.4 Å². The molecule has 0 bridgehead atoms. The first-order chi connectivity index (χ1) is 10.6. The highest BCUT2D eigenvalue weighted by Crippen LogP contribution is 2.20. The minimum atomic E-state index is -0.203. The van der Waals surface area contributed by atoms with Gasteiger partial charge in [-0.2, -0.15) is 0 Å². The topological polar surface area (TPSA) is 38.2 Å². The average Bonchev–Trinajstić information content (AvgIpc) is 2.53. The lowest BCUT2D eigenvalue weighted by Gasteiger charge is -2.26. The van der Waals surface area contributed by atoms with Crippen LogP contribution in [0, 0.1) is 19.7 Å². The maximum atomic E-state index is 14.4. The van der Waals surface area contributed by atoms with Crippen molar-refractivity contribution in [2.75, 3.05) is 26.3 Å². The molecule has 0 atom stereocenters. The SMILES string of the molecule is Cc1cnc(-c2ccc(CN3CCOCC3)c(F)c2)nc1C. The summed E-state index contributed by atoms with van der Waals surface area (Å²) >= 11 is 0. The predicted molar refractivity (Wildman–Crippen MR) is 83.0 cm³/mol. The number of rotatable bonds is 3. The Morgan fingerprint density at radius 1 is 1.23 bits per heavy atom. The zero-order chi connectivity index (χ0) is 15.5. The monoisotopic (exact) mass is 301 g/mol. The minimum Gasteiger partial charge on any atom is -0.379 e. The first-order valence-corrected chi connectivity index (χ1v) is 7.52. The Morgan fingerprint density at radius 2 is 2.00 bits per heavy atom. The number of benzene rings is 1. The van der Waals surface area contributed by atoms with Gasteiger partial charge in [0.05, 0.1) is 13.2 Å². The van der Waals surface area contributed by atoms with Crippen molar-refractivity contribution in [3.63, 3.8) is 0 Å². The van der Waals surface area contributed by atoms with Crippen molar-refractivity contribution in [3.05, 3.63) is 47.0 Å². The van der Waals surface area contributed by atoms with Crippen molar-refractivity contribution in [2.24, 2.45) is 0 Å². The van der Waals surface area contributed by atoms with Gasteiger partial charge in [-0.05, 0) is 25.5 Å². The van der Waals surface area contributed by atoms with Crippen LogP contribution in [0.3, 0.4) is 0 Å². The molecule has 0 saturated carbocycles. The van der Waals surface area contributed by atoms with Gasteiger partial charge in [0.2, 0.25) is 0 Å². The van der Waals surface area contributed by atoms with Crippen molar-refractivity contribution in [3.8, 4) is 11.4 Å². The van der Waals surface area contributed by atoms with Gasteiger partial charge in [0.1, 0.15) is 5.82 Å². The summed E-state index contributed by atoms with van der Waals surface area (Å²) in [6.45, 7) is 7.65.